The van der Waals surface area contributed by atoms with Crippen LogP contribution in [-0.2, 0) is 12.8 Å². The van der Waals surface area contributed by atoms with Crippen molar-refractivity contribution >= 4 is 11.6 Å². The lowest BCUT2D eigenvalue weighted by Gasteiger charge is -2.08. The van der Waals surface area contributed by atoms with Gasteiger partial charge in [-0.25, -0.2) is 8.78 Å². The van der Waals surface area contributed by atoms with Gasteiger partial charge in [0.05, 0.1) is 11.3 Å². The summed E-state index contributed by atoms with van der Waals surface area (Å²) in [7, 11) is 0. The van der Waals surface area contributed by atoms with Gasteiger partial charge < -0.3 is 5.73 Å². The predicted molar refractivity (Wildman–Crippen MR) is 110 cm³/mol. The van der Waals surface area contributed by atoms with Crippen LogP contribution in [0.4, 0.5) is 14.6 Å². The third kappa shape index (κ3) is 3.96. The quantitative estimate of drug-likeness (QED) is 0.468. The zero-order valence-corrected chi connectivity index (χ0v) is 15.9. The number of pyridine rings is 1. The number of anilines is 1. The van der Waals surface area contributed by atoms with Crippen molar-refractivity contribution < 1.29 is 13.6 Å². The summed E-state index contributed by atoms with van der Waals surface area (Å²) in [6, 6.07) is 14.2. The van der Waals surface area contributed by atoms with Gasteiger partial charge in [0.25, 0.3) is 0 Å². The van der Waals surface area contributed by atoms with Crippen molar-refractivity contribution in [1.29, 1.82) is 0 Å². The number of benzene rings is 2. The number of rotatable bonds is 6. The van der Waals surface area contributed by atoms with Crippen LogP contribution in [0, 0.1) is 11.6 Å². The van der Waals surface area contributed by atoms with E-state index in [0.717, 1.165) is 36.1 Å². The lowest BCUT2D eigenvalue weighted by atomic mass is 9.96. The molecule has 0 aliphatic heterocycles. The highest BCUT2D eigenvalue weighted by molar-refractivity contribution is 6.15. The minimum absolute atomic E-state index is 0.0247. The highest BCUT2D eigenvalue weighted by Gasteiger charge is 2.23. The fourth-order valence-electron chi connectivity index (χ4n) is 3.32. The zero-order valence-electron chi connectivity index (χ0n) is 15.9. The van der Waals surface area contributed by atoms with E-state index in [1.165, 1.54) is 6.07 Å². The van der Waals surface area contributed by atoms with Gasteiger partial charge in [-0.2, -0.15) is 5.10 Å². The largest absolute Gasteiger partial charge is 0.382 e. The number of nitrogen functional groups attached to an aromatic ring is 1. The van der Waals surface area contributed by atoms with Crippen LogP contribution in [0.3, 0.4) is 0 Å². The molecule has 0 bridgehead atoms. The van der Waals surface area contributed by atoms with Crippen LogP contribution in [-0.4, -0.2) is 21.0 Å². The molecule has 2 aromatic carbocycles. The molecule has 0 spiro atoms. The van der Waals surface area contributed by atoms with E-state index in [4.69, 9.17) is 5.73 Å². The van der Waals surface area contributed by atoms with Crippen molar-refractivity contribution in [2.45, 2.75) is 12.8 Å². The van der Waals surface area contributed by atoms with Gasteiger partial charge in [0.15, 0.2) is 11.6 Å². The molecule has 0 atom stereocenters. The Balaban J connectivity index is 1.63. The van der Waals surface area contributed by atoms with Crippen LogP contribution in [0.2, 0.25) is 0 Å². The third-order valence-electron chi connectivity index (χ3n) is 4.84. The Bertz CT molecular complexity index is 1210. The third-order valence-corrected chi connectivity index (χ3v) is 4.84. The molecule has 0 aliphatic rings. The summed E-state index contributed by atoms with van der Waals surface area (Å²) < 4.78 is 27.5. The number of ketones is 1. The van der Waals surface area contributed by atoms with E-state index < -0.39 is 11.6 Å². The minimum atomic E-state index is -0.807. The first-order chi connectivity index (χ1) is 14.5. The fourth-order valence-corrected chi connectivity index (χ4v) is 3.32. The van der Waals surface area contributed by atoms with Gasteiger partial charge in [-0.1, -0.05) is 24.3 Å². The number of hydrogen-bond acceptors (Lipinski definition) is 4. The Hall–Kier alpha value is -3.87. The summed E-state index contributed by atoms with van der Waals surface area (Å²) in [6.45, 7) is 0. The highest BCUT2D eigenvalue weighted by atomic mass is 19.1. The van der Waals surface area contributed by atoms with Crippen LogP contribution in [0.1, 0.15) is 27.0 Å². The van der Waals surface area contributed by atoms with Crippen molar-refractivity contribution in [3.8, 4) is 11.3 Å². The van der Waals surface area contributed by atoms with E-state index in [-0.39, 0.29) is 28.4 Å². The number of carbonyl (C=O) groups is 1. The Morgan fingerprint density at radius 1 is 1.00 bits per heavy atom. The molecule has 0 fully saturated rings. The van der Waals surface area contributed by atoms with Crippen LogP contribution in [0.5, 0.6) is 0 Å². The summed E-state index contributed by atoms with van der Waals surface area (Å²) in [5.41, 5.74) is 8.59. The van der Waals surface area contributed by atoms with Gasteiger partial charge in [-0.3, -0.25) is 14.9 Å². The van der Waals surface area contributed by atoms with Gasteiger partial charge >= 0.3 is 0 Å². The molecule has 0 radical (unpaired) electrons. The minimum Gasteiger partial charge on any atom is -0.382 e. The van der Waals surface area contributed by atoms with Crippen molar-refractivity contribution in [2.24, 2.45) is 0 Å². The SMILES string of the molecule is Nc1n[nH]c(-c2ccc(F)cc2F)c1C(=O)c1cccc(CCc2cccnc2)c1. The van der Waals surface area contributed by atoms with Gasteiger partial charge in [0, 0.05) is 29.6 Å². The Kier molecular flexibility index (Phi) is 5.34. The van der Waals surface area contributed by atoms with E-state index in [1.54, 1.807) is 24.4 Å². The molecular weight excluding hydrogens is 386 g/mol. The van der Waals surface area contributed by atoms with Crippen LogP contribution in [0.15, 0.2) is 67.0 Å². The second kappa shape index (κ2) is 8.24. The van der Waals surface area contributed by atoms with Gasteiger partial charge in [0.1, 0.15) is 11.6 Å². The molecule has 4 rings (SSSR count). The van der Waals surface area contributed by atoms with E-state index >= 15 is 0 Å². The molecular formula is C23H18F2N4O. The van der Waals surface area contributed by atoms with Gasteiger partial charge in [-0.15, -0.1) is 0 Å². The van der Waals surface area contributed by atoms with Crippen molar-refractivity contribution in [1.82, 2.24) is 15.2 Å². The lowest BCUT2D eigenvalue weighted by molar-refractivity contribution is 0.104. The summed E-state index contributed by atoms with van der Waals surface area (Å²) in [5.74, 6) is -1.95. The van der Waals surface area contributed by atoms with Crippen molar-refractivity contribution in [3.05, 3.63) is 101 Å². The number of halogens is 2. The molecule has 0 amide bonds. The predicted octanol–water partition coefficient (Wildman–Crippen LogP) is 4.35. The molecule has 0 unspecified atom stereocenters. The second-order valence-electron chi connectivity index (χ2n) is 6.87. The van der Waals surface area contributed by atoms with E-state index in [0.29, 0.717) is 5.56 Å². The molecule has 5 nitrogen and oxygen atoms in total. The fraction of sp³-hybridized carbons (Fsp3) is 0.0870. The molecule has 4 aromatic rings. The highest BCUT2D eigenvalue weighted by Crippen LogP contribution is 2.30. The number of aromatic nitrogens is 3. The van der Waals surface area contributed by atoms with Crippen LogP contribution in [0.25, 0.3) is 11.3 Å². The van der Waals surface area contributed by atoms with Crippen molar-refractivity contribution in [2.75, 3.05) is 5.73 Å². The monoisotopic (exact) mass is 404 g/mol. The number of H-pyrrole nitrogens is 1. The number of hydrogen-bond donors (Lipinski definition) is 2. The van der Waals surface area contributed by atoms with E-state index in [2.05, 4.69) is 15.2 Å². The molecule has 2 heterocycles. The first kappa shape index (κ1) is 19.4. The smallest absolute Gasteiger partial charge is 0.198 e. The maximum atomic E-state index is 14.3. The van der Waals surface area contributed by atoms with Gasteiger partial charge in [-0.05, 0) is 48.2 Å². The number of nitrogens with zero attached hydrogens (tertiary/aromatic N) is 2. The number of aryl methyl sites for hydroxylation is 2. The number of carbonyl (C=O) groups excluding carboxylic acids is 1. The first-order valence-electron chi connectivity index (χ1n) is 9.34. The molecule has 0 saturated carbocycles. The zero-order chi connectivity index (χ0) is 21.1. The molecule has 2 aromatic heterocycles. The molecule has 3 N–H and O–H groups in total. The molecule has 7 heteroatoms. The molecule has 30 heavy (non-hydrogen) atoms. The van der Waals surface area contributed by atoms with Gasteiger partial charge in [0.2, 0.25) is 0 Å². The maximum Gasteiger partial charge on any atom is 0.198 e. The summed E-state index contributed by atoms with van der Waals surface area (Å²) in [4.78, 5) is 17.3. The average molecular weight is 404 g/mol. The van der Waals surface area contributed by atoms with E-state index in [9.17, 15) is 13.6 Å². The van der Waals surface area contributed by atoms with Crippen molar-refractivity contribution in [3.63, 3.8) is 0 Å². The molecule has 0 aliphatic carbocycles. The normalized spacial score (nSPS) is 10.9. The summed E-state index contributed by atoms with van der Waals surface area (Å²) in [6.07, 6.45) is 5.04. The molecule has 0 saturated heterocycles. The summed E-state index contributed by atoms with van der Waals surface area (Å²) >= 11 is 0. The molecule has 150 valence electrons. The summed E-state index contributed by atoms with van der Waals surface area (Å²) in [5, 5.41) is 6.46. The first-order valence-corrected chi connectivity index (χ1v) is 9.34. The number of nitrogens with two attached hydrogens (primary N) is 1. The Morgan fingerprint density at radius 2 is 1.80 bits per heavy atom. The van der Waals surface area contributed by atoms with E-state index in [1.807, 2.05) is 24.4 Å². The van der Waals surface area contributed by atoms with Crippen LogP contribution >= 0.6 is 0 Å². The second-order valence-corrected chi connectivity index (χ2v) is 6.87. The maximum absolute atomic E-state index is 14.3. The lowest BCUT2D eigenvalue weighted by Crippen LogP contribution is -2.06. The topological polar surface area (TPSA) is 84.7 Å². The number of aromatic amines is 1. The number of nitrogens with one attached hydrogen (secondary N) is 1. The average Bonchev–Trinajstić information content (AvgIpc) is 3.13. The Morgan fingerprint density at radius 3 is 2.57 bits per heavy atom. The van der Waals surface area contributed by atoms with Crippen LogP contribution < -0.4 is 5.73 Å². The standard InChI is InChI=1S/C23H18F2N4O/c24-17-8-9-18(19(25)12-17)21-20(23(26)29-28-21)22(30)16-5-1-3-14(11-16)6-7-15-4-2-10-27-13-15/h1-5,8-13H,6-7H2,(H3,26,28,29). The Labute approximate surface area is 171 Å².